The van der Waals surface area contributed by atoms with E-state index in [-0.39, 0.29) is 7.43 Å². The van der Waals surface area contributed by atoms with Crippen LogP contribution in [0.1, 0.15) is 48.5 Å². The van der Waals surface area contributed by atoms with Crippen molar-refractivity contribution >= 4 is 0 Å². The standard InChI is InChI=1S/C8H14.C2H7N.C2H6.CH4/c1-5-6-8(4)7(2)3;1-2-3;1-2;/h5,7H,1,4,6H2,2-3H3;2-3H2,1H3;1-2H3;1H4. The average molecular weight is 201 g/mol. The van der Waals surface area contributed by atoms with Crippen molar-refractivity contribution in [3.05, 3.63) is 24.8 Å². The van der Waals surface area contributed by atoms with Crippen LogP contribution in [0.2, 0.25) is 0 Å². The highest BCUT2D eigenvalue weighted by Crippen LogP contribution is 2.10. The SMILES string of the molecule is C.C=CCC(=C)C(C)C.CC.CCN. The molecule has 0 atom stereocenters. The molecule has 0 radical (unpaired) electrons. The third-order valence-electron chi connectivity index (χ3n) is 1.22. The zero-order chi connectivity index (χ0) is 11.3. The molecule has 0 heterocycles. The van der Waals surface area contributed by atoms with E-state index in [0.29, 0.717) is 5.92 Å². The summed E-state index contributed by atoms with van der Waals surface area (Å²) >= 11 is 0. The first kappa shape index (κ1) is 23.3. The van der Waals surface area contributed by atoms with Crippen molar-refractivity contribution in [1.82, 2.24) is 0 Å². The number of hydrogen-bond donors (Lipinski definition) is 1. The molecule has 88 valence electrons. The number of allylic oxidation sites excluding steroid dienone is 2. The second kappa shape index (κ2) is 22.9. The molecule has 2 N–H and O–H groups in total. The van der Waals surface area contributed by atoms with Crippen LogP contribution in [0.15, 0.2) is 24.8 Å². The molecule has 0 aromatic heterocycles. The monoisotopic (exact) mass is 201 g/mol. The van der Waals surface area contributed by atoms with Crippen LogP contribution in [0.3, 0.4) is 0 Å². The summed E-state index contributed by atoms with van der Waals surface area (Å²) in [6.07, 6.45) is 2.85. The van der Waals surface area contributed by atoms with Crippen molar-refractivity contribution in [1.29, 1.82) is 0 Å². The smallest absolute Gasteiger partial charge is 0.0106 e. The molecule has 0 bridgehead atoms. The van der Waals surface area contributed by atoms with Crippen molar-refractivity contribution in [3.8, 4) is 0 Å². The van der Waals surface area contributed by atoms with E-state index in [9.17, 15) is 0 Å². The van der Waals surface area contributed by atoms with E-state index in [1.54, 1.807) is 0 Å². The van der Waals surface area contributed by atoms with E-state index >= 15 is 0 Å². The lowest BCUT2D eigenvalue weighted by Crippen LogP contribution is -1.88. The maximum absolute atomic E-state index is 4.85. The lowest BCUT2D eigenvalue weighted by atomic mass is 10.0. The minimum Gasteiger partial charge on any atom is -0.331 e. The summed E-state index contributed by atoms with van der Waals surface area (Å²) in [5, 5.41) is 0. The Labute approximate surface area is 92.1 Å². The predicted molar refractivity (Wildman–Crippen MR) is 71.6 cm³/mol. The lowest BCUT2D eigenvalue weighted by molar-refractivity contribution is 0.752. The van der Waals surface area contributed by atoms with Gasteiger partial charge in [0.1, 0.15) is 0 Å². The van der Waals surface area contributed by atoms with Crippen LogP contribution in [-0.4, -0.2) is 6.54 Å². The Balaban J connectivity index is -0.0000000716. The maximum atomic E-state index is 4.85. The molecular weight excluding hydrogens is 170 g/mol. The van der Waals surface area contributed by atoms with Gasteiger partial charge in [-0.25, -0.2) is 0 Å². The molecule has 0 aromatic carbocycles. The van der Waals surface area contributed by atoms with Gasteiger partial charge in [0.05, 0.1) is 0 Å². The fourth-order valence-electron chi connectivity index (χ4n) is 0.421. The highest BCUT2D eigenvalue weighted by Gasteiger charge is 1.94. The van der Waals surface area contributed by atoms with E-state index in [1.165, 1.54) is 5.57 Å². The molecule has 1 heteroatoms. The average Bonchev–Trinajstić information content (AvgIpc) is 2.10. The summed E-state index contributed by atoms with van der Waals surface area (Å²) in [5.41, 5.74) is 6.11. The first-order valence-electron chi connectivity index (χ1n) is 5.08. The van der Waals surface area contributed by atoms with Crippen molar-refractivity contribution in [2.45, 2.75) is 48.5 Å². The number of nitrogens with two attached hydrogens (primary N) is 1. The molecule has 0 aromatic rings. The highest BCUT2D eigenvalue weighted by molar-refractivity contribution is 5.02. The summed E-state index contributed by atoms with van der Waals surface area (Å²) in [7, 11) is 0. The Morgan fingerprint density at radius 3 is 1.71 bits per heavy atom. The topological polar surface area (TPSA) is 26.0 Å². The number of rotatable bonds is 3. The lowest BCUT2D eigenvalue weighted by Gasteiger charge is -2.03. The molecule has 0 aliphatic rings. The van der Waals surface area contributed by atoms with Crippen LogP contribution in [0.4, 0.5) is 0 Å². The van der Waals surface area contributed by atoms with Crippen LogP contribution < -0.4 is 5.73 Å². The molecule has 0 aliphatic carbocycles. The summed E-state index contributed by atoms with van der Waals surface area (Å²) in [6.45, 7) is 18.4. The minimum atomic E-state index is 0. The van der Waals surface area contributed by atoms with Gasteiger partial charge in [-0.2, -0.15) is 0 Å². The fourth-order valence-corrected chi connectivity index (χ4v) is 0.421. The van der Waals surface area contributed by atoms with E-state index in [2.05, 4.69) is 27.0 Å². The molecular formula is C13H31N. The van der Waals surface area contributed by atoms with Crippen molar-refractivity contribution in [2.75, 3.05) is 6.54 Å². The Morgan fingerprint density at radius 1 is 1.36 bits per heavy atom. The molecule has 0 aliphatic heterocycles. The Morgan fingerprint density at radius 2 is 1.64 bits per heavy atom. The van der Waals surface area contributed by atoms with Crippen molar-refractivity contribution < 1.29 is 0 Å². The van der Waals surface area contributed by atoms with Gasteiger partial charge in [0.2, 0.25) is 0 Å². The van der Waals surface area contributed by atoms with Crippen LogP contribution >= 0.6 is 0 Å². The fraction of sp³-hybridized carbons (Fsp3) is 0.692. The van der Waals surface area contributed by atoms with Crippen LogP contribution in [0, 0.1) is 5.92 Å². The van der Waals surface area contributed by atoms with Gasteiger partial charge in [-0.1, -0.05) is 60.3 Å². The Kier molecular flexibility index (Phi) is 38.1. The highest BCUT2D eigenvalue weighted by atomic mass is 14.5. The second-order valence-electron chi connectivity index (χ2n) is 2.71. The van der Waals surface area contributed by atoms with Crippen LogP contribution in [0.25, 0.3) is 0 Å². The third kappa shape index (κ3) is 30.1. The van der Waals surface area contributed by atoms with Gasteiger partial charge in [0.25, 0.3) is 0 Å². The van der Waals surface area contributed by atoms with Crippen molar-refractivity contribution in [2.24, 2.45) is 11.7 Å². The Bertz CT molecular complexity index is 104. The molecule has 0 fully saturated rings. The third-order valence-corrected chi connectivity index (χ3v) is 1.22. The zero-order valence-corrected chi connectivity index (χ0v) is 10.1. The van der Waals surface area contributed by atoms with Gasteiger partial charge in [-0.15, -0.1) is 6.58 Å². The van der Waals surface area contributed by atoms with Gasteiger partial charge < -0.3 is 5.73 Å². The van der Waals surface area contributed by atoms with E-state index in [1.807, 2.05) is 26.8 Å². The predicted octanol–water partition coefficient (Wildman–Crippen LogP) is 4.40. The van der Waals surface area contributed by atoms with E-state index in [4.69, 9.17) is 5.73 Å². The largest absolute Gasteiger partial charge is 0.331 e. The summed E-state index contributed by atoms with van der Waals surface area (Å²) in [4.78, 5) is 0. The molecule has 0 spiro atoms. The van der Waals surface area contributed by atoms with Gasteiger partial charge in [0.15, 0.2) is 0 Å². The Hall–Kier alpha value is -0.560. The van der Waals surface area contributed by atoms with Gasteiger partial charge in [-0.3, -0.25) is 0 Å². The molecule has 0 saturated carbocycles. The quantitative estimate of drug-likeness (QED) is 0.673. The second-order valence-corrected chi connectivity index (χ2v) is 2.71. The summed E-state index contributed by atoms with van der Waals surface area (Å²) in [6, 6.07) is 0. The van der Waals surface area contributed by atoms with Crippen LogP contribution in [-0.2, 0) is 0 Å². The van der Waals surface area contributed by atoms with E-state index in [0.717, 1.165) is 13.0 Å². The van der Waals surface area contributed by atoms with Gasteiger partial charge in [-0.05, 0) is 18.9 Å². The maximum Gasteiger partial charge on any atom is -0.0106 e. The zero-order valence-electron chi connectivity index (χ0n) is 10.1. The van der Waals surface area contributed by atoms with E-state index < -0.39 is 0 Å². The minimum absolute atomic E-state index is 0. The molecule has 0 rings (SSSR count). The molecule has 0 saturated heterocycles. The first-order chi connectivity index (χ1) is 6.09. The molecule has 14 heavy (non-hydrogen) atoms. The normalized spacial score (nSPS) is 7.07. The van der Waals surface area contributed by atoms with Gasteiger partial charge in [0, 0.05) is 0 Å². The van der Waals surface area contributed by atoms with Gasteiger partial charge >= 0.3 is 0 Å². The molecule has 1 nitrogen and oxygen atoms in total. The molecule has 0 amide bonds. The van der Waals surface area contributed by atoms with Crippen LogP contribution in [0.5, 0.6) is 0 Å². The number of hydrogen-bond acceptors (Lipinski definition) is 1. The summed E-state index contributed by atoms with van der Waals surface area (Å²) in [5.74, 6) is 0.605. The molecule has 0 unspecified atom stereocenters. The van der Waals surface area contributed by atoms with Crippen molar-refractivity contribution in [3.63, 3.8) is 0 Å². The first-order valence-corrected chi connectivity index (χ1v) is 5.08. The summed E-state index contributed by atoms with van der Waals surface area (Å²) < 4.78 is 0.